The van der Waals surface area contributed by atoms with E-state index in [-0.39, 0.29) is 0 Å². The van der Waals surface area contributed by atoms with E-state index in [1.165, 1.54) is 38.6 Å². The van der Waals surface area contributed by atoms with Crippen LogP contribution in [0.1, 0.15) is 65.2 Å². The second kappa shape index (κ2) is 5.23. The van der Waals surface area contributed by atoms with Crippen molar-refractivity contribution in [2.75, 3.05) is 13.6 Å². The van der Waals surface area contributed by atoms with Gasteiger partial charge in [-0.1, -0.05) is 0 Å². The molecule has 2 nitrogen and oxygen atoms in total. The van der Waals surface area contributed by atoms with Crippen LogP contribution < -0.4 is 5.32 Å². The molecular weight excluding hydrogens is 256 g/mol. The van der Waals surface area contributed by atoms with E-state index in [0.717, 1.165) is 35.9 Å². The third-order valence-electron chi connectivity index (χ3n) is 7.70. The fourth-order valence-electron chi connectivity index (χ4n) is 6.68. The Morgan fingerprint density at radius 2 is 1.57 bits per heavy atom. The van der Waals surface area contributed by atoms with Crippen molar-refractivity contribution in [2.45, 2.75) is 83.3 Å². The number of piperidine rings is 1. The van der Waals surface area contributed by atoms with Crippen LogP contribution in [0, 0.1) is 23.2 Å². The molecule has 0 amide bonds. The van der Waals surface area contributed by atoms with Gasteiger partial charge in [0.15, 0.2) is 0 Å². The van der Waals surface area contributed by atoms with Crippen molar-refractivity contribution < 1.29 is 0 Å². The number of rotatable bonds is 3. The summed E-state index contributed by atoms with van der Waals surface area (Å²) in [5.41, 5.74) is 0.668. The van der Waals surface area contributed by atoms with Crippen molar-refractivity contribution in [1.29, 1.82) is 0 Å². The van der Waals surface area contributed by atoms with Crippen molar-refractivity contribution in [3.8, 4) is 0 Å². The summed E-state index contributed by atoms with van der Waals surface area (Å²) in [5.74, 6) is 3.24. The van der Waals surface area contributed by atoms with Gasteiger partial charge in [0, 0.05) is 18.1 Å². The zero-order chi connectivity index (χ0) is 14.6. The molecule has 4 saturated carbocycles. The van der Waals surface area contributed by atoms with Gasteiger partial charge in [-0.2, -0.15) is 0 Å². The molecule has 3 atom stereocenters. The van der Waals surface area contributed by atoms with E-state index in [1.807, 2.05) is 0 Å². The van der Waals surface area contributed by atoms with Gasteiger partial charge in [-0.25, -0.2) is 0 Å². The lowest BCUT2D eigenvalue weighted by Gasteiger charge is -2.59. The molecule has 120 valence electrons. The zero-order valence-corrected chi connectivity index (χ0v) is 14.3. The largest absolute Gasteiger partial charge is 0.311 e. The Morgan fingerprint density at radius 1 is 1.00 bits per heavy atom. The Hall–Kier alpha value is -0.0800. The van der Waals surface area contributed by atoms with Crippen LogP contribution in [0.4, 0.5) is 0 Å². The van der Waals surface area contributed by atoms with Crippen LogP contribution in [-0.2, 0) is 0 Å². The third kappa shape index (κ3) is 2.57. The molecule has 2 heteroatoms. The average molecular weight is 290 g/mol. The molecule has 1 N–H and O–H groups in total. The van der Waals surface area contributed by atoms with Gasteiger partial charge in [0.2, 0.25) is 0 Å². The van der Waals surface area contributed by atoms with Gasteiger partial charge >= 0.3 is 0 Å². The number of likely N-dealkylation sites (tertiary alicyclic amines) is 1. The predicted octanol–water partition coefficient (Wildman–Crippen LogP) is 3.66. The van der Waals surface area contributed by atoms with Gasteiger partial charge in [0.1, 0.15) is 0 Å². The summed E-state index contributed by atoms with van der Waals surface area (Å²) in [6.45, 7) is 6.19. The van der Waals surface area contributed by atoms with E-state index < -0.39 is 0 Å². The summed E-state index contributed by atoms with van der Waals surface area (Å²) in [6.07, 6.45) is 12.0. The summed E-state index contributed by atoms with van der Waals surface area (Å²) >= 11 is 0. The van der Waals surface area contributed by atoms with Crippen molar-refractivity contribution >= 4 is 0 Å². The molecule has 5 rings (SSSR count). The molecule has 21 heavy (non-hydrogen) atoms. The molecule has 1 saturated heterocycles. The van der Waals surface area contributed by atoms with Crippen LogP contribution in [0.3, 0.4) is 0 Å². The average Bonchev–Trinajstić information content (AvgIpc) is 2.41. The number of hydrogen-bond acceptors (Lipinski definition) is 2. The number of nitrogens with zero attached hydrogens (tertiary/aromatic N) is 1. The Morgan fingerprint density at radius 3 is 2.10 bits per heavy atom. The molecule has 0 radical (unpaired) electrons. The first-order chi connectivity index (χ1) is 10.0. The van der Waals surface area contributed by atoms with Crippen molar-refractivity contribution in [3.63, 3.8) is 0 Å². The highest BCUT2D eigenvalue weighted by Gasteiger charge is 2.53. The fraction of sp³-hybridized carbons (Fsp3) is 1.00. The molecule has 5 fully saturated rings. The molecule has 5 aliphatic rings. The molecule has 0 spiro atoms. The van der Waals surface area contributed by atoms with Crippen LogP contribution in [0.15, 0.2) is 0 Å². The predicted molar refractivity (Wildman–Crippen MR) is 88.3 cm³/mol. The van der Waals surface area contributed by atoms with Crippen LogP contribution in [0.25, 0.3) is 0 Å². The van der Waals surface area contributed by atoms with E-state index >= 15 is 0 Å². The Kier molecular flexibility index (Phi) is 3.61. The van der Waals surface area contributed by atoms with Crippen LogP contribution in [0.5, 0.6) is 0 Å². The van der Waals surface area contributed by atoms with Gasteiger partial charge in [-0.3, -0.25) is 0 Å². The smallest absolute Gasteiger partial charge is 0.00981 e. The minimum Gasteiger partial charge on any atom is -0.311 e. The van der Waals surface area contributed by atoms with E-state index in [4.69, 9.17) is 0 Å². The Labute approximate surface area is 131 Å². The summed E-state index contributed by atoms with van der Waals surface area (Å²) < 4.78 is 0. The second-order valence-corrected chi connectivity index (χ2v) is 9.22. The maximum absolute atomic E-state index is 4.10. The molecule has 0 aromatic carbocycles. The van der Waals surface area contributed by atoms with E-state index in [1.54, 1.807) is 19.3 Å². The van der Waals surface area contributed by atoms with Crippen LogP contribution >= 0.6 is 0 Å². The molecule has 4 aliphatic carbocycles. The Balaban J connectivity index is 1.42. The van der Waals surface area contributed by atoms with Gasteiger partial charge in [-0.05, 0) is 102 Å². The monoisotopic (exact) mass is 290 g/mol. The lowest BCUT2D eigenvalue weighted by atomic mass is 9.48. The SMILES string of the molecule is CC1CC(NC(C)C23CC4CC(CC(C4)C2)C3)CCN1C. The van der Waals surface area contributed by atoms with Gasteiger partial charge in [0.05, 0.1) is 0 Å². The summed E-state index contributed by atoms with van der Waals surface area (Å²) in [7, 11) is 2.28. The van der Waals surface area contributed by atoms with E-state index in [9.17, 15) is 0 Å². The normalized spacial score (nSPS) is 51.3. The first kappa shape index (κ1) is 14.5. The maximum Gasteiger partial charge on any atom is 0.00981 e. The lowest BCUT2D eigenvalue weighted by molar-refractivity contribution is -0.0734. The standard InChI is InChI=1S/C19H34N2/c1-13-6-18(4-5-21(13)3)20-14(2)19-10-15-7-16(11-19)9-17(8-15)12-19/h13-18,20H,4-12H2,1-3H3. The van der Waals surface area contributed by atoms with Crippen LogP contribution in [0.2, 0.25) is 0 Å². The van der Waals surface area contributed by atoms with Crippen molar-refractivity contribution in [2.24, 2.45) is 23.2 Å². The van der Waals surface area contributed by atoms with E-state index in [0.29, 0.717) is 5.41 Å². The molecule has 0 aromatic rings. The molecule has 1 aliphatic heterocycles. The van der Waals surface area contributed by atoms with Gasteiger partial charge in [0.25, 0.3) is 0 Å². The fourth-order valence-corrected chi connectivity index (χ4v) is 6.68. The molecular formula is C19H34N2. The highest BCUT2D eigenvalue weighted by molar-refractivity contribution is 5.05. The summed E-state index contributed by atoms with van der Waals surface area (Å²) in [5, 5.41) is 4.10. The second-order valence-electron chi connectivity index (χ2n) is 9.22. The number of hydrogen-bond donors (Lipinski definition) is 1. The lowest BCUT2D eigenvalue weighted by Crippen LogP contribution is -2.58. The first-order valence-corrected chi connectivity index (χ1v) is 9.50. The molecule has 0 aromatic heterocycles. The summed E-state index contributed by atoms with van der Waals surface area (Å²) in [4.78, 5) is 2.52. The van der Waals surface area contributed by atoms with Gasteiger partial charge in [-0.15, -0.1) is 0 Å². The quantitative estimate of drug-likeness (QED) is 0.853. The highest BCUT2D eigenvalue weighted by atomic mass is 15.1. The maximum atomic E-state index is 4.10. The first-order valence-electron chi connectivity index (χ1n) is 9.50. The minimum atomic E-state index is 0.668. The van der Waals surface area contributed by atoms with Crippen molar-refractivity contribution in [1.82, 2.24) is 10.2 Å². The molecule has 1 heterocycles. The van der Waals surface area contributed by atoms with E-state index in [2.05, 4.69) is 31.1 Å². The highest BCUT2D eigenvalue weighted by Crippen LogP contribution is 2.61. The number of nitrogens with one attached hydrogen (secondary N) is 1. The van der Waals surface area contributed by atoms with Crippen molar-refractivity contribution in [3.05, 3.63) is 0 Å². The van der Waals surface area contributed by atoms with Gasteiger partial charge < -0.3 is 10.2 Å². The summed E-state index contributed by atoms with van der Waals surface area (Å²) in [6, 6.07) is 2.26. The molecule has 4 bridgehead atoms. The third-order valence-corrected chi connectivity index (χ3v) is 7.70. The minimum absolute atomic E-state index is 0.668. The topological polar surface area (TPSA) is 15.3 Å². The molecule has 3 unspecified atom stereocenters. The Bertz CT molecular complexity index is 356. The van der Waals surface area contributed by atoms with Crippen LogP contribution in [-0.4, -0.2) is 36.6 Å². The zero-order valence-electron chi connectivity index (χ0n) is 14.3.